The van der Waals surface area contributed by atoms with Crippen molar-refractivity contribution >= 4 is 27.8 Å². The summed E-state index contributed by atoms with van der Waals surface area (Å²) in [6.45, 7) is 2.10. The predicted molar refractivity (Wildman–Crippen MR) is 57.4 cm³/mol. The third-order valence-electron chi connectivity index (χ3n) is 2.25. The molecule has 80 valence electrons. The van der Waals surface area contributed by atoms with E-state index in [9.17, 15) is 9.90 Å². The number of aryl methyl sites for hydroxylation is 1. The Morgan fingerprint density at radius 3 is 2.93 bits per heavy atom. The number of aliphatic hydroxyl groups excluding tert-OH is 1. The molecule has 2 rings (SSSR count). The average Bonchev–Trinajstić information content (AvgIpc) is 2.50. The van der Waals surface area contributed by atoms with Gasteiger partial charge >= 0.3 is 0 Å². The van der Waals surface area contributed by atoms with Gasteiger partial charge in [0.1, 0.15) is 0 Å². The van der Waals surface area contributed by atoms with Gasteiger partial charge in [-0.05, 0) is 22.9 Å². The first-order chi connectivity index (χ1) is 7.08. The molecule has 15 heavy (non-hydrogen) atoms. The highest BCUT2D eigenvalue weighted by Crippen LogP contribution is 2.20. The third-order valence-corrected chi connectivity index (χ3v) is 3.03. The molecule has 1 fully saturated rings. The van der Waals surface area contributed by atoms with Gasteiger partial charge < -0.3 is 5.11 Å². The molecule has 6 heteroatoms. The van der Waals surface area contributed by atoms with E-state index in [2.05, 4.69) is 25.9 Å². The van der Waals surface area contributed by atoms with Crippen molar-refractivity contribution in [1.82, 2.24) is 9.97 Å². The summed E-state index contributed by atoms with van der Waals surface area (Å²) in [5, 5.41) is 9.33. The molecule has 1 atom stereocenters. The summed E-state index contributed by atoms with van der Waals surface area (Å²) in [7, 11) is 0. The zero-order valence-electron chi connectivity index (χ0n) is 8.14. The van der Waals surface area contributed by atoms with Crippen molar-refractivity contribution in [1.29, 1.82) is 0 Å². The van der Waals surface area contributed by atoms with Gasteiger partial charge in [-0.2, -0.15) is 0 Å². The molecule has 1 N–H and O–H groups in total. The molecule has 1 saturated heterocycles. The molecule has 1 amide bonds. The molecule has 0 spiro atoms. The highest BCUT2D eigenvalue weighted by atomic mass is 79.9. The van der Waals surface area contributed by atoms with Crippen LogP contribution in [0.5, 0.6) is 0 Å². The lowest BCUT2D eigenvalue weighted by Gasteiger charge is -2.13. The van der Waals surface area contributed by atoms with Crippen LogP contribution in [-0.2, 0) is 4.79 Å². The third kappa shape index (κ3) is 2.00. The number of β-amino-alcohol motifs (C(OH)–C–C–N with tert-alkyl or cyclic N) is 1. The van der Waals surface area contributed by atoms with Gasteiger partial charge in [0.25, 0.3) is 0 Å². The number of anilines is 1. The van der Waals surface area contributed by atoms with Crippen LogP contribution in [0.25, 0.3) is 0 Å². The minimum atomic E-state index is -0.606. The summed E-state index contributed by atoms with van der Waals surface area (Å²) in [6.07, 6.45) is 1.15. The van der Waals surface area contributed by atoms with Crippen LogP contribution in [0.1, 0.15) is 12.1 Å². The van der Waals surface area contributed by atoms with Crippen molar-refractivity contribution < 1.29 is 9.90 Å². The topological polar surface area (TPSA) is 66.3 Å². The Balaban J connectivity index is 2.30. The number of rotatable bonds is 1. The summed E-state index contributed by atoms with van der Waals surface area (Å²) in [6, 6.07) is 0. The lowest BCUT2D eigenvalue weighted by atomic mass is 10.3. The minimum absolute atomic E-state index is 0.135. The van der Waals surface area contributed by atoms with Gasteiger partial charge in [-0.15, -0.1) is 0 Å². The van der Waals surface area contributed by atoms with E-state index in [1.807, 2.05) is 6.92 Å². The molecule has 1 aliphatic heterocycles. The standard InChI is InChI=1S/C9H10BrN3O2/c1-5-7(10)3-11-9(12-5)13-4-6(14)2-8(13)15/h3,6,14H,2,4H2,1H3. The number of halogens is 1. The molecule has 0 saturated carbocycles. The van der Waals surface area contributed by atoms with Gasteiger partial charge in [0.2, 0.25) is 11.9 Å². The number of hydrogen-bond acceptors (Lipinski definition) is 4. The number of amides is 1. The number of aliphatic hydroxyl groups is 1. The molecule has 5 nitrogen and oxygen atoms in total. The van der Waals surface area contributed by atoms with Gasteiger partial charge in [0.05, 0.1) is 29.2 Å². The van der Waals surface area contributed by atoms with Crippen molar-refractivity contribution in [3.8, 4) is 0 Å². The fourth-order valence-electron chi connectivity index (χ4n) is 1.45. The van der Waals surface area contributed by atoms with Crippen LogP contribution in [0.15, 0.2) is 10.7 Å². The molecular weight excluding hydrogens is 262 g/mol. The van der Waals surface area contributed by atoms with Crippen LogP contribution >= 0.6 is 15.9 Å². The first kappa shape index (κ1) is 10.5. The first-order valence-electron chi connectivity index (χ1n) is 4.55. The molecule has 1 aromatic heterocycles. The van der Waals surface area contributed by atoms with Crippen LogP contribution in [-0.4, -0.2) is 33.6 Å². The molecule has 1 aromatic rings. The summed E-state index contributed by atoms with van der Waals surface area (Å²) in [5.74, 6) is 0.224. The Labute approximate surface area is 95.3 Å². The second-order valence-electron chi connectivity index (χ2n) is 3.47. The molecule has 0 aromatic carbocycles. The highest BCUT2D eigenvalue weighted by Gasteiger charge is 2.30. The van der Waals surface area contributed by atoms with Crippen molar-refractivity contribution in [2.24, 2.45) is 0 Å². The number of nitrogens with zero attached hydrogens (tertiary/aromatic N) is 3. The number of aromatic nitrogens is 2. The van der Waals surface area contributed by atoms with E-state index >= 15 is 0 Å². The Kier molecular flexibility index (Phi) is 2.70. The van der Waals surface area contributed by atoms with Crippen LogP contribution < -0.4 is 4.90 Å². The second-order valence-corrected chi connectivity index (χ2v) is 4.32. The van der Waals surface area contributed by atoms with Crippen LogP contribution in [0, 0.1) is 6.92 Å². The summed E-state index contributed by atoms with van der Waals surface area (Å²) < 4.78 is 0.804. The second kappa shape index (κ2) is 3.86. The van der Waals surface area contributed by atoms with E-state index in [0.717, 1.165) is 10.2 Å². The fraction of sp³-hybridized carbons (Fsp3) is 0.444. The zero-order chi connectivity index (χ0) is 11.0. The Morgan fingerprint density at radius 2 is 2.40 bits per heavy atom. The Bertz CT molecular complexity index is 410. The molecule has 2 heterocycles. The van der Waals surface area contributed by atoms with Crippen LogP contribution in [0.3, 0.4) is 0 Å². The summed E-state index contributed by atoms with van der Waals surface area (Å²) >= 11 is 3.29. The summed E-state index contributed by atoms with van der Waals surface area (Å²) in [5.41, 5.74) is 0.772. The Hall–Kier alpha value is -1.01. The molecule has 1 aliphatic rings. The van der Waals surface area contributed by atoms with Gasteiger partial charge in [-0.1, -0.05) is 0 Å². The molecule has 1 unspecified atom stereocenters. The maximum absolute atomic E-state index is 11.5. The molecular formula is C9H10BrN3O2. The van der Waals surface area contributed by atoms with Gasteiger partial charge in [0, 0.05) is 6.20 Å². The van der Waals surface area contributed by atoms with Gasteiger partial charge in [-0.25, -0.2) is 9.97 Å². The van der Waals surface area contributed by atoms with Crippen molar-refractivity contribution in [3.63, 3.8) is 0 Å². The fourth-order valence-corrected chi connectivity index (χ4v) is 1.64. The molecule has 0 aliphatic carbocycles. The normalized spacial score (nSPS) is 21.1. The predicted octanol–water partition coefficient (Wildman–Crippen LogP) is 0.645. The van der Waals surface area contributed by atoms with Crippen molar-refractivity contribution in [2.75, 3.05) is 11.4 Å². The van der Waals surface area contributed by atoms with E-state index in [1.165, 1.54) is 4.90 Å². The van der Waals surface area contributed by atoms with Gasteiger partial charge in [0.15, 0.2) is 0 Å². The van der Waals surface area contributed by atoms with Gasteiger partial charge in [-0.3, -0.25) is 9.69 Å². The zero-order valence-corrected chi connectivity index (χ0v) is 9.73. The monoisotopic (exact) mass is 271 g/mol. The number of carbonyl (C=O) groups excluding carboxylic acids is 1. The SMILES string of the molecule is Cc1nc(N2CC(O)CC2=O)ncc1Br. The largest absolute Gasteiger partial charge is 0.391 e. The van der Waals surface area contributed by atoms with E-state index in [-0.39, 0.29) is 18.9 Å². The highest BCUT2D eigenvalue weighted by molar-refractivity contribution is 9.10. The van der Waals surface area contributed by atoms with Crippen LogP contribution in [0.2, 0.25) is 0 Å². The maximum Gasteiger partial charge on any atom is 0.232 e. The van der Waals surface area contributed by atoms with E-state index in [0.29, 0.717) is 5.95 Å². The summed E-state index contributed by atoms with van der Waals surface area (Å²) in [4.78, 5) is 21.1. The van der Waals surface area contributed by atoms with E-state index in [1.54, 1.807) is 6.20 Å². The number of hydrogen-bond donors (Lipinski definition) is 1. The minimum Gasteiger partial charge on any atom is -0.391 e. The quantitative estimate of drug-likeness (QED) is 0.815. The maximum atomic E-state index is 11.5. The van der Waals surface area contributed by atoms with E-state index < -0.39 is 6.10 Å². The van der Waals surface area contributed by atoms with Crippen molar-refractivity contribution in [3.05, 3.63) is 16.4 Å². The average molecular weight is 272 g/mol. The molecule has 0 radical (unpaired) electrons. The number of carbonyl (C=O) groups is 1. The van der Waals surface area contributed by atoms with Crippen LogP contribution in [0.4, 0.5) is 5.95 Å². The van der Waals surface area contributed by atoms with Crippen molar-refractivity contribution in [2.45, 2.75) is 19.4 Å². The lowest BCUT2D eigenvalue weighted by molar-refractivity contribution is -0.117. The Morgan fingerprint density at radius 1 is 1.67 bits per heavy atom. The smallest absolute Gasteiger partial charge is 0.232 e. The molecule has 0 bridgehead atoms. The van der Waals surface area contributed by atoms with E-state index in [4.69, 9.17) is 0 Å². The lowest BCUT2D eigenvalue weighted by Crippen LogP contribution is -2.27. The first-order valence-corrected chi connectivity index (χ1v) is 5.35.